The summed E-state index contributed by atoms with van der Waals surface area (Å²) in [5, 5.41) is 7.83. The second-order valence-corrected chi connectivity index (χ2v) is 2.84. The van der Waals surface area contributed by atoms with Gasteiger partial charge in [-0.25, -0.2) is 8.42 Å². The second-order valence-electron chi connectivity index (χ2n) is 1.11. The molecule has 0 aromatic carbocycles. The van der Waals surface area contributed by atoms with Gasteiger partial charge in [-0.1, -0.05) is 0 Å². The lowest BCUT2D eigenvalue weighted by Gasteiger charge is -1.99. The summed E-state index contributed by atoms with van der Waals surface area (Å²) in [6.45, 7) is -1.01. The number of sulfonamides is 1. The molecule has 2 N–H and O–H groups in total. The lowest BCUT2D eigenvalue weighted by atomic mass is 11.4. The molecule has 4 nitrogen and oxygen atoms in total. The fraction of sp³-hybridized carbons (Fsp3) is 1.00. The third kappa shape index (κ3) is 2.68. The third-order valence-electron chi connectivity index (χ3n) is 0.500. The smallest absolute Gasteiger partial charge is 0.350 e. The van der Waals surface area contributed by atoms with E-state index < -0.39 is 22.5 Å². The first kappa shape index (κ1) is 8.73. The normalized spacial score (nSPS) is 12.4. The van der Waals surface area contributed by atoms with Crippen molar-refractivity contribution in [1.29, 1.82) is 0 Å². The van der Waals surface area contributed by atoms with Gasteiger partial charge in [-0.2, -0.15) is 13.5 Å². The van der Waals surface area contributed by atoms with Gasteiger partial charge >= 0.3 is 5.76 Å². The van der Waals surface area contributed by atoms with Crippen LogP contribution in [0.4, 0.5) is 8.78 Å². The molecule has 7 heteroatoms. The van der Waals surface area contributed by atoms with E-state index in [9.17, 15) is 17.2 Å². The van der Waals surface area contributed by atoms with Crippen molar-refractivity contribution in [3.8, 4) is 0 Å². The number of aliphatic hydroxyl groups is 1. The molecule has 0 rings (SSSR count). The monoisotopic (exact) mass is 161 g/mol. The molecule has 0 aliphatic heterocycles. The summed E-state index contributed by atoms with van der Waals surface area (Å²) in [5.74, 6) is -3.48. The Kier molecular flexibility index (Phi) is 2.95. The quantitative estimate of drug-likeness (QED) is 0.526. The van der Waals surface area contributed by atoms with Crippen molar-refractivity contribution >= 4 is 10.0 Å². The Morgan fingerprint density at radius 2 is 2.00 bits per heavy atom. The van der Waals surface area contributed by atoms with Gasteiger partial charge in [0.25, 0.3) is 10.0 Å². The fourth-order valence-electron chi connectivity index (χ4n) is 0.153. The predicted octanol–water partition coefficient (Wildman–Crippen LogP) is -0.922. The maximum absolute atomic E-state index is 11.2. The minimum atomic E-state index is -4.58. The van der Waals surface area contributed by atoms with Crippen LogP contribution >= 0.6 is 0 Å². The van der Waals surface area contributed by atoms with Gasteiger partial charge in [0.1, 0.15) is 6.73 Å². The lowest BCUT2D eigenvalue weighted by Crippen LogP contribution is -2.29. The van der Waals surface area contributed by atoms with E-state index in [1.54, 1.807) is 0 Å². The van der Waals surface area contributed by atoms with Crippen LogP contribution < -0.4 is 4.72 Å². The van der Waals surface area contributed by atoms with E-state index in [-0.39, 0.29) is 0 Å². The topological polar surface area (TPSA) is 66.4 Å². The summed E-state index contributed by atoms with van der Waals surface area (Å²) in [4.78, 5) is 0. The van der Waals surface area contributed by atoms with Crippen LogP contribution in [0.3, 0.4) is 0 Å². The molecule has 56 valence electrons. The van der Waals surface area contributed by atoms with Gasteiger partial charge in [-0.05, 0) is 0 Å². The largest absolute Gasteiger partial charge is 0.380 e. The molecule has 0 amide bonds. The molecule has 9 heavy (non-hydrogen) atoms. The fourth-order valence-corrected chi connectivity index (χ4v) is 0.459. The van der Waals surface area contributed by atoms with E-state index in [1.807, 2.05) is 0 Å². The number of hydrogen-bond acceptors (Lipinski definition) is 3. The average molecular weight is 161 g/mol. The molecule has 0 aliphatic rings. The zero-order valence-electron chi connectivity index (χ0n) is 4.21. The second kappa shape index (κ2) is 3.04. The zero-order valence-corrected chi connectivity index (χ0v) is 5.03. The molecule has 0 fully saturated rings. The molecule has 0 unspecified atom stereocenters. The molecule has 0 aromatic heterocycles. The van der Waals surface area contributed by atoms with Gasteiger partial charge in [0.15, 0.2) is 0 Å². The summed E-state index contributed by atoms with van der Waals surface area (Å²) in [7, 11) is -4.58. The Morgan fingerprint density at radius 3 is 2.11 bits per heavy atom. The molecular weight excluding hydrogens is 156 g/mol. The van der Waals surface area contributed by atoms with Crippen molar-refractivity contribution in [3.05, 3.63) is 0 Å². The van der Waals surface area contributed by atoms with Crippen LogP contribution in [0.25, 0.3) is 0 Å². The molecule has 0 aromatic rings. The first-order chi connectivity index (χ1) is 4.00. The Morgan fingerprint density at radius 1 is 1.56 bits per heavy atom. The summed E-state index contributed by atoms with van der Waals surface area (Å²) >= 11 is 0. The van der Waals surface area contributed by atoms with Crippen LogP contribution in [0.2, 0.25) is 0 Å². The Bertz CT molecular complexity index is 165. The van der Waals surface area contributed by atoms with Crippen LogP contribution in [0, 0.1) is 0 Å². The number of aliphatic hydroxyl groups excluding tert-OH is 1. The third-order valence-corrected chi connectivity index (χ3v) is 1.50. The number of rotatable bonds is 3. The molecule has 0 atom stereocenters. The summed E-state index contributed by atoms with van der Waals surface area (Å²) in [5.41, 5.74) is 0. The van der Waals surface area contributed by atoms with Gasteiger partial charge in [0, 0.05) is 0 Å². The molecule has 0 aliphatic carbocycles. The maximum atomic E-state index is 11.2. The van der Waals surface area contributed by atoms with E-state index in [2.05, 4.69) is 0 Å². The van der Waals surface area contributed by atoms with Gasteiger partial charge in [0.2, 0.25) is 0 Å². The van der Waals surface area contributed by atoms with Crippen molar-refractivity contribution in [2.45, 2.75) is 5.76 Å². The number of halogens is 2. The van der Waals surface area contributed by atoms with Crippen molar-refractivity contribution in [2.75, 3.05) is 6.73 Å². The minimum absolute atomic E-state index is 1.01. The predicted molar refractivity (Wildman–Crippen MR) is 25.1 cm³/mol. The molecule has 0 saturated heterocycles. The van der Waals surface area contributed by atoms with Crippen LogP contribution in [0.15, 0.2) is 0 Å². The highest BCUT2D eigenvalue weighted by molar-refractivity contribution is 7.89. The van der Waals surface area contributed by atoms with Gasteiger partial charge in [0.05, 0.1) is 0 Å². The number of alkyl halides is 2. The van der Waals surface area contributed by atoms with Gasteiger partial charge in [-0.3, -0.25) is 0 Å². The van der Waals surface area contributed by atoms with Crippen LogP contribution in [-0.4, -0.2) is 26.0 Å². The maximum Gasteiger partial charge on any atom is 0.350 e. The molecule has 0 radical (unpaired) electrons. The van der Waals surface area contributed by atoms with Crippen LogP contribution in [0.1, 0.15) is 0 Å². The highest BCUT2D eigenvalue weighted by Crippen LogP contribution is 1.99. The van der Waals surface area contributed by atoms with E-state index >= 15 is 0 Å². The number of hydrogen-bond donors (Lipinski definition) is 2. The molecule has 0 heterocycles. The Balaban J connectivity index is 4.05. The summed E-state index contributed by atoms with van der Waals surface area (Å²) in [6, 6.07) is 0. The van der Waals surface area contributed by atoms with Crippen molar-refractivity contribution in [2.24, 2.45) is 0 Å². The Hall–Kier alpha value is -0.270. The van der Waals surface area contributed by atoms with Gasteiger partial charge < -0.3 is 5.11 Å². The standard InChI is InChI=1S/C2H5F2NO3S/c3-2(4)9(7,8)5-1-6/h2,5-6H,1H2. The number of nitrogens with one attached hydrogen (secondary N) is 1. The first-order valence-corrected chi connectivity index (χ1v) is 3.43. The first-order valence-electron chi connectivity index (χ1n) is 1.88. The average Bonchev–Trinajstić information content (AvgIpc) is 1.65. The van der Waals surface area contributed by atoms with Crippen molar-refractivity contribution < 1.29 is 22.3 Å². The van der Waals surface area contributed by atoms with Gasteiger partial charge in [-0.15, -0.1) is 0 Å². The SMILES string of the molecule is O=S(=O)(NCO)C(F)F. The highest BCUT2D eigenvalue weighted by Gasteiger charge is 2.22. The van der Waals surface area contributed by atoms with Crippen molar-refractivity contribution in [3.63, 3.8) is 0 Å². The summed E-state index contributed by atoms with van der Waals surface area (Å²) < 4.78 is 43.5. The molecule has 0 saturated carbocycles. The van der Waals surface area contributed by atoms with E-state index in [0.717, 1.165) is 0 Å². The lowest BCUT2D eigenvalue weighted by molar-refractivity contribution is 0.224. The van der Waals surface area contributed by atoms with Crippen molar-refractivity contribution in [1.82, 2.24) is 4.72 Å². The van der Waals surface area contributed by atoms with E-state index in [4.69, 9.17) is 5.11 Å². The van der Waals surface area contributed by atoms with Crippen LogP contribution in [0.5, 0.6) is 0 Å². The zero-order chi connectivity index (χ0) is 7.49. The highest BCUT2D eigenvalue weighted by atomic mass is 32.2. The Labute approximate surface area is 50.5 Å². The summed E-state index contributed by atoms with van der Waals surface area (Å²) in [6.07, 6.45) is 0. The minimum Gasteiger partial charge on any atom is -0.380 e. The molecule has 0 spiro atoms. The molecular formula is C2H5F2NO3S. The van der Waals surface area contributed by atoms with Crippen LogP contribution in [-0.2, 0) is 10.0 Å². The van der Waals surface area contributed by atoms with E-state index in [1.165, 1.54) is 4.72 Å². The van der Waals surface area contributed by atoms with E-state index in [0.29, 0.717) is 0 Å². The molecule has 0 bridgehead atoms.